The molecule has 0 spiro atoms. The summed E-state index contributed by atoms with van der Waals surface area (Å²) in [6, 6.07) is 9.57. The molecule has 0 amide bonds. The van der Waals surface area contributed by atoms with Gasteiger partial charge in [-0.05, 0) is 42.7 Å². The zero-order chi connectivity index (χ0) is 18.3. The molecule has 0 N–H and O–H groups in total. The van der Waals surface area contributed by atoms with E-state index < -0.39 is 5.82 Å². The van der Waals surface area contributed by atoms with Gasteiger partial charge in [-0.3, -0.25) is 14.2 Å². The van der Waals surface area contributed by atoms with Crippen molar-refractivity contribution >= 4 is 16.7 Å². The Morgan fingerprint density at radius 3 is 2.46 bits per heavy atom. The maximum Gasteiger partial charge on any atom is 0.261 e. The van der Waals surface area contributed by atoms with Gasteiger partial charge in [-0.2, -0.15) is 0 Å². The molecule has 2 aromatic carbocycles. The predicted molar refractivity (Wildman–Crippen MR) is 93.0 cm³/mol. The second-order valence-corrected chi connectivity index (χ2v) is 6.64. The fourth-order valence-corrected chi connectivity index (χ4v) is 3.08. The topological polar surface area (TPSA) is 52.0 Å². The molecular weight excluding hydrogens is 338 g/mol. The van der Waals surface area contributed by atoms with Crippen LogP contribution in [0.25, 0.3) is 10.9 Å². The van der Waals surface area contributed by atoms with Crippen molar-refractivity contribution < 1.29 is 13.6 Å². The number of halogens is 2. The van der Waals surface area contributed by atoms with Crippen molar-refractivity contribution in [2.75, 3.05) is 0 Å². The number of aromatic nitrogens is 2. The fourth-order valence-electron chi connectivity index (χ4n) is 3.08. The molecular formula is C20H16F2N2O2. The third kappa shape index (κ3) is 3.27. The van der Waals surface area contributed by atoms with Crippen molar-refractivity contribution in [3.8, 4) is 0 Å². The number of carbonyl (C=O) groups excluding carboxylic acids is 1. The van der Waals surface area contributed by atoms with Crippen molar-refractivity contribution in [2.45, 2.75) is 31.7 Å². The molecule has 132 valence electrons. The highest BCUT2D eigenvalue weighted by atomic mass is 19.1. The van der Waals surface area contributed by atoms with E-state index in [2.05, 4.69) is 4.98 Å². The first-order valence-corrected chi connectivity index (χ1v) is 8.47. The summed E-state index contributed by atoms with van der Waals surface area (Å²) in [7, 11) is 0. The summed E-state index contributed by atoms with van der Waals surface area (Å²) in [6.07, 6.45) is 1.91. The van der Waals surface area contributed by atoms with E-state index >= 15 is 0 Å². The molecule has 0 unspecified atom stereocenters. The fraction of sp³-hybridized carbons (Fsp3) is 0.250. The minimum Gasteiger partial charge on any atom is -0.297 e. The van der Waals surface area contributed by atoms with Gasteiger partial charge in [0.05, 0.1) is 17.4 Å². The van der Waals surface area contributed by atoms with Crippen LogP contribution in [-0.4, -0.2) is 15.3 Å². The van der Waals surface area contributed by atoms with Gasteiger partial charge in [0.2, 0.25) is 0 Å². The van der Waals surface area contributed by atoms with Crippen LogP contribution < -0.4 is 5.56 Å². The molecule has 6 heteroatoms. The van der Waals surface area contributed by atoms with Crippen LogP contribution in [0.2, 0.25) is 0 Å². The molecule has 1 aliphatic carbocycles. The van der Waals surface area contributed by atoms with Gasteiger partial charge in [0.15, 0.2) is 5.78 Å². The SMILES string of the molecule is O=C(Cc1ccc(F)cc1)Cn1c(C2CC2)nc2cc(F)ccc2c1=O. The minimum atomic E-state index is -0.448. The Morgan fingerprint density at radius 1 is 1.08 bits per heavy atom. The number of rotatable bonds is 5. The first-order valence-electron chi connectivity index (χ1n) is 8.47. The zero-order valence-corrected chi connectivity index (χ0v) is 13.9. The van der Waals surface area contributed by atoms with Crippen molar-refractivity contribution in [2.24, 2.45) is 0 Å². The molecule has 26 heavy (non-hydrogen) atoms. The van der Waals surface area contributed by atoms with E-state index in [1.165, 1.54) is 34.9 Å². The van der Waals surface area contributed by atoms with Gasteiger partial charge in [0.1, 0.15) is 17.5 Å². The van der Waals surface area contributed by atoms with Gasteiger partial charge in [-0.15, -0.1) is 0 Å². The molecule has 0 radical (unpaired) electrons. The maximum absolute atomic E-state index is 13.5. The van der Waals surface area contributed by atoms with Crippen LogP contribution in [0, 0.1) is 11.6 Å². The summed E-state index contributed by atoms with van der Waals surface area (Å²) in [5, 5.41) is 0.297. The lowest BCUT2D eigenvalue weighted by molar-refractivity contribution is -0.119. The van der Waals surface area contributed by atoms with Gasteiger partial charge in [-0.25, -0.2) is 13.8 Å². The molecule has 1 saturated carbocycles. The first kappa shape index (κ1) is 16.6. The standard InChI is InChI=1S/C20H16F2N2O2/c21-14-5-1-12(2-6-14)9-16(25)11-24-19(13-3-4-13)23-18-10-15(22)7-8-17(18)20(24)26/h1-2,5-8,10,13H,3-4,9,11H2. The number of ketones is 1. The normalized spacial score (nSPS) is 13.9. The van der Waals surface area contributed by atoms with E-state index in [1.807, 2.05) is 0 Å². The van der Waals surface area contributed by atoms with Gasteiger partial charge in [0, 0.05) is 18.4 Å². The quantitative estimate of drug-likeness (QED) is 0.706. The molecule has 1 fully saturated rings. The molecule has 0 aliphatic heterocycles. The Balaban J connectivity index is 1.68. The van der Waals surface area contributed by atoms with E-state index in [9.17, 15) is 18.4 Å². The van der Waals surface area contributed by atoms with Crippen LogP contribution >= 0.6 is 0 Å². The van der Waals surface area contributed by atoms with Crippen LogP contribution in [0.15, 0.2) is 47.3 Å². The first-order chi connectivity index (χ1) is 12.5. The molecule has 3 aromatic rings. The lowest BCUT2D eigenvalue weighted by atomic mass is 10.1. The Morgan fingerprint density at radius 2 is 1.77 bits per heavy atom. The number of benzene rings is 2. The van der Waals surface area contributed by atoms with E-state index in [0.29, 0.717) is 22.3 Å². The van der Waals surface area contributed by atoms with Crippen molar-refractivity contribution in [3.63, 3.8) is 0 Å². The Bertz CT molecular complexity index is 1050. The molecule has 1 aromatic heterocycles. The molecule has 0 bridgehead atoms. The smallest absolute Gasteiger partial charge is 0.261 e. The highest BCUT2D eigenvalue weighted by molar-refractivity contribution is 5.82. The molecule has 0 saturated heterocycles. The summed E-state index contributed by atoms with van der Waals surface area (Å²) in [6.45, 7) is -0.0949. The summed E-state index contributed by atoms with van der Waals surface area (Å²) >= 11 is 0. The number of nitrogens with zero attached hydrogens (tertiary/aromatic N) is 2. The summed E-state index contributed by atoms with van der Waals surface area (Å²) < 4.78 is 27.9. The van der Waals surface area contributed by atoms with Crippen LogP contribution in [0.1, 0.15) is 30.1 Å². The van der Waals surface area contributed by atoms with E-state index in [-0.39, 0.29) is 36.0 Å². The van der Waals surface area contributed by atoms with Crippen molar-refractivity contribution in [1.29, 1.82) is 0 Å². The largest absolute Gasteiger partial charge is 0.297 e. The number of hydrogen-bond donors (Lipinski definition) is 0. The third-order valence-corrected chi connectivity index (χ3v) is 4.54. The second-order valence-electron chi connectivity index (χ2n) is 6.64. The zero-order valence-electron chi connectivity index (χ0n) is 13.9. The van der Waals surface area contributed by atoms with E-state index in [0.717, 1.165) is 12.8 Å². The molecule has 1 heterocycles. The average molecular weight is 354 g/mol. The summed E-state index contributed by atoms with van der Waals surface area (Å²) in [5.74, 6) is -0.297. The molecule has 4 rings (SSSR count). The molecule has 4 nitrogen and oxygen atoms in total. The Hall–Kier alpha value is -2.89. The van der Waals surface area contributed by atoms with Crippen LogP contribution in [0.5, 0.6) is 0 Å². The van der Waals surface area contributed by atoms with Crippen LogP contribution in [0.3, 0.4) is 0 Å². The van der Waals surface area contributed by atoms with E-state index in [4.69, 9.17) is 0 Å². The minimum absolute atomic E-state index is 0.0949. The van der Waals surface area contributed by atoms with Crippen LogP contribution in [0.4, 0.5) is 8.78 Å². The average Bonchev–Trinajstić information content (AvgIpc) is 3.44. The predicted octanol–water partition coefficient (Wildman–Crippen LogP) is 3.36. The summed E-state index contributed by atoms with van der Waals surface area (Å²) in [4.78, 5) is 29.7. The monoisotopic (exact) mass is 354 g/mol. The van der Waals surface area contributed by atoms with Gasteiger partial charge in [0.25, 0.3) is 5.56 Å². The van der Waals surface area contributed by atoms with Crippen LogP contribution in [-0.2, 0) is 17.8 Å². The lowest BCUT2D eigenvalue weighted by Gasteiger charge is -2.12. The third-order valence-electron chi connectivity index (χ3n) is 4.54. The lowest BCUT2D eigenvalue weighted by Crippen LogP contribution is -2.29. The molecule has 0 atom stereocenters. The Labute approximate surface area is 148 Å². The van der Waals surface area contributed by atoms with Crippen molar-refractivity contribution in [3.05, 3.63) is 75.8 Å². The summed E-state index contributed by atoms with van der Waals surface area (Å²) in [5.41, 5.74) is 0.678. The number of hydrogen-bond acceptors (Lipinski definition) is 3. The van der Waals surface area contributed by atoms with Gasteiger partial charge >= 0.3 is 0 Å². The highest BCUT2D eigenvalue weighted by Crippen LogP contribution is 2.39. The van der Waals surface area contributed by atoms with Crippen molar-refractivity contribution in [1.82, 2.24) is 9.55 Å². The van der Waals surface area contributed by atoms with Gasteiger partial charge in [-0.1, -0.05) is 12.1 Å². The maximum atomic E-state index is 13.5. The number of fused-ring (bicyclic) bond motifs is 1. The highest BCUT2D eigenvalue weighted by Gasteiger charge is 2.30. The number of carbonyl (C=O) groups is 1. The second kappa shape index (κ2) is 6.44. The molecule has 1 aliphatic rings. The number of Topliss-reactive ketones (excluding diaryl/α,β-unsaturated/α-hetero) is 1. The van der Waals surface area contributed by atoms with Gasteiger partial charge < -0.3 is 0 Å². The van der Waals surface area contributed by atoms with E-state index in [1.54, 1.807) is 12.1 Å². The Kier molecular flexibility index (Phi) is 4.11.